The van der Waals surface area contributed by atoms with E-state index < -0.39 is 0 Å². The summed E-state index contributed by atoms with van der Waals surface area (Å²) in [5, 5.41) is 9.20. The highest BCUT2D eigenvalue weighted by molar-refractivity contribution is 7.13. The van der Waals surface area contributed by atoms with Crippen molar-refractivity contribution in [1.82, 2.24) is 24.6 Å². The van der Waals surface area contributed by atoms with E-state index in [4.69, 9.17) is 4.74 Å². The first-order valence-electron chi connectivity index (χ1n) is 8.08. The van der Waals surface area contributed by atoms with Crippen molar-refractivity contribution in [2.24, 2.45) is 7.05 Å². The van der Waals surface area contributed by atoms with Crippen molar-refractivity contribution in [3.05, 3.63) is 23.7 Å². The molecule has 0 amide bonds. The number of aromatic nitrogens is 4. The highest BCUT2D eigenvalue weighted by Gasteiger charge is 2.41. The van der Waals surface area contributed by atoms with Crippen LogP contribution in [0.4, 0.5) is 5.13 Å². The lowest BCUT2D eigenvalue weighted by Crippen LogP contribution is -2.59. The van der Waals surface area contributed by atoms with Crippen LogP contribution >= 0.6 is 11.3 Å². The fourth-order valence-electron chi connectivity index (χ4n) is 3.62. The second kappa shape index (κ2) is 6.18. The van der Waals surface area contributed by atoms with Gasteiger partial charge in [-0.2, -0.15) is 0 Å². The Labute approximate surface area is 139 Å². The summed E-state index contributed by atoms with van der Waals surface area (Å²) in [6, 6.07) is 0. The second-order valence-corrected chi connectivity index (χ2v) is 7.25. The Hall–Kier alpha value is -1.51. The number of anilines is 1. The van der Waals surface area contributed by atoms with Crippen molar-refractivity contribution in [2.45, 2.75) is 25.0 Å². The van der Waals surface area contributed by atoms with Crippen molar-refractivity contribution in [3.63, 3.8) is 0 Å². The van der Waals surface area contributed by atoms with Crippen molar-refractivity contribution < 1.29 is 4.74 Å². The van der Waals surface area contributed by atoms with Crippen LogP contribution in [0.3, 0.4) is 0 Å². The lowest BCUT2D eigenvalue weighted by Gasteiger charge is -2.47. The average Bonchev–Trinajstić information content (AvgIpc) is 3.20. The van der Waals surface area contributed by atoms with E-state index in [0.29, 0.717) is 0 Å². The van der Waals surface area contributed by atoms with Crippen molar-refractivity contribution in [2.75, 3.05) is 37.7 Å². The molecular formula is C15H22N6OS. The van der Waals surface area contributed by atoms with E-state index >= 15 is 0 Å². The van der Waals surface area contributed by atoms with Gasteiger partial charge in [-0.25, -0.2) is 4.98 Å². The fraction of sp³-hybridized carbons (Fsp3) is 0.667. The van der Waals surface area contributed by atoms with Gasteiger partial charge >= 0.3 is 0 Å². The molecule has 8 heteroatoms. The van der Waals surface area contributed by atoms with Gasteiger partial charge in [0.25, 0.3) is 0 Å². The third-order valence-electron chi connectivity index (χ3n) is 4.77. The summed E-state index contributed by atoms with van der Waals surface area (Å²) in [7, 11) is 2.05. The number of imidazole rings is 1. The highest BCUT2D eigenvalue weighted by atomic mass is 32.1. The third kappa shape index (κ3) is 3.11. The summed E-state index contributed by atoms with van der Waals surface area (Å²) in [4.78, 5) is 9.25. The smallest absolute Gasteiger partial charge is 0.208 e. The van der Waals surface area contributed by atoms with Crippen molar-refractivity contribution >= 4 is 16.5 Å². The molecule has 4 heterocycles. The minimum atomic E-state index is -0.0899. The first-order chi connectivity index (χ1) is 11.2. The van der Waals surface area contributed by atoms with Crippen molar-refractivity contribution in [3.8, 4) is 0 Å². The number of morpholine rings is 1. The Morgan fingerprint density at radius 2 is 2.30 bits per heavy atom. The molecule has 4 rings (SSSR count). The number of ether oxygens (including phenoxy) is 1. The molecule has 0 aliphatic carbocycles. The van der Waals surface area contributed by atoms with Gasteiger partial charge in [-0.3, -0.25) is 4.90 Å². The molecule has 0 aromatic carbocycles. The van der Waals surface area contributed by atoms with Crippen LogP contribution in [-0.2, 0) is 18.3 Å². The Kier molecular flexibility index (Phi) is 4.04. The molecule has 7 nitrogen and oxygen atoms in total. The van der Waals surface area contributed by atoms with Crippen LogP contribution < -0.4 is 4.90 Å². The molecule has 0 radical (unpaired) electrons. The van der Waals surface area contributed by atoms with Crippen LogP contribution in [0.2, 0.25) is 0 Å². The van der Waals surface area contributed by atoms with E-state index in [0.717, 1.165) is 63.1 Å². The number of hydrogen-bond acceptors (Lipinski definition) is 7. The quantitative estimate of drug-likeness (QED) is 0.839. The van der Waals surface area contributed by atoms with Gasteiger partial charge in [-0.1, -0.05) is 11.3 Å². The van der Waals surface area contributed by atoms with E-state index in [1.807, 2.05) is 12.4 Å². The molecule has 1 atom stereocenters. The summed E-state index contributed by atoms with van der Waals surface area (Å²) in [6.45, 7) is 5.53. The Morgan fingerprint density at radius 1 is 1.35 bits per heavy atom. The van der Waals surface area contributed by atoms with Crippen LogP contribution in [0.25, 0.3) is 0 Å². The van der Waals surface area contributed by atoms with Gasteiger partial charge in [0.05, 0.1) is 25.3 Å². The van der Waals surface area contributed by atoms with E-state index in [2.05, 4.69) is 36.6 Å². The predicted octanol–water partition coefficient (Wildman–Crippen LogP) is 1.14. The van der Waals surface area contributed by atoms with Crippen LogP contribution in [0.5, 0.6) is 0 Å². The lowest BCUT2D eigenvalue weighted by molar-refractivity contribution is -0.116. The van der Waals surface area contributed by atoms with Crippen LogP contribution in [0.15, 0.2) is 17.9 Å². The lowest BCUT2D eigenvalue weighted by atomic mass is 9.91. The Morgan fingerprint density at radius 3 is 3.09 bits per heavy atom. The maximum Gasteiger partial charge on any atom is 0.208 e. The zero-order valence-electron chi connectivity index (χ0n) is 13.4. The standard InChI is InChI=1S/C15H22N6OS/c1-19-6-4-16-13(19)9-20-7-8-22-15(10-20)3-2-5-21(11-15)14-18-17-12-23-14/h4,6,12H,2-3,5,7-11H2,1H3. The minimum Gasteiger partial charge on any atom is -0.370 e. The predicted molar refractivity (Wildman–Crippen MR) is 88.5 cm³/mol. The van der Waals surface area contributed by atoms with E-state index in [9.17, 15) is 0 Å². The molecule has 2 aliphatic heterocycles. The normalized spacial score (nSPS) is 26.0. The van der Waals surface area contributed by atoms with Gasteiger partial charge < -0.3 is 14.2 Å². The molecular weight excluding hydrogens is 312 g/mol. The number of aryl methyl sites for hydroxylation is 1. The Balaban J connectivity index is 1.46. The average molecular weight is 334 g/mol. The summed E-state index contributed by atoms with van der Waals surface area (Å²) in [5.41, 5.74) is 1.71. The first kappa shape index (κ1) is 15.0. The molecule has 1 spiro atoms. The molecule has 2 saturated heterocycles. The monoisotopic (exact) mass is 334 g/mol. The fourth-order valence-corrected chi connectivity index (χ4v) is 4.21. The number of piperidine rings is 1. The molecule has 2 aliphatic rings. The van der Waals surface area contributed by atoms with E-state index in [1.54, 1.807) is 16.8 Å². The summed E-state index contributed by atoms with van der Waals surface area (Å²) < 4.78 is 8.35. The number of hydrogen-bond donors (Lipinski definition) is 0. The maximum absolute atomic E-state index is 6.26. The third-order valence-corrected chi connectivity index (χ3v) is 5.52. The van der Waals surface area contributed by atoms with Crippen molar-refractivity contribution in [1.29, 1.82) is 0 Å². The molecule has 124 valence electrons. The van der Waals surface area contributed by atoms with Gasteiger partial charge in [0.1, 0.15) is 11.3 Å². The molecule has 2 aromatic rings. The van der Waals surface area contributed by atoms with Gasteiger partial charge in [0, 0.05) is 39.1 Å². The van der Waals surface area contributed by atoms with Crippen LogP contribution in [0.1, 0.15) is 18.7 Å². The molecule has 2 aromatic heterocycles. The van der Waals surface area contributed by atoms with Gasteiger partial charge in [0.15, 0.2) is 0 Å². The van der Waals surface area contributed by atoms with Gasteiger partial charge in [-0.15, -0.1) is 10.2 Å². The molecule has 23 heavy (non-hydrogen) atoms. The molecule has 1 unspecified atom stereocenters. The Bertz CT molecular complexity index is 640. The second-order valence-electron chi connectivity index (χ2n) is 6.44. The van der Waals surface area contributed by atoms with E-state index in [1.165, 1.54) is 0 Å². The maximum atomic E-state index is 6.26. The highest BCUT2D eigenvalue weighted by Crippen LogP contribution is 2.32. The summed E-state index contributed by atoms with van der Waals surface area (Å²) in [5.74, 6) is 1.11. The minimum absolute atomic E-state index is 0.0899. The van der Waals surface area contributed by atoms with Gasteiger partial charge in [-0.05, 0) is 12.8 Å². The zero-order chi connectivity index (χ0) is 15.7. The topological polar surface area (TPSA) is 59.3 Å². The van der Waals surface area contributed by atoms with Gasteiger partial charge in [0.2, 0.25) is 5.13 Å². The summed E-state index contributed by atoms with van der Waals surface area (Å²) in [6.07, 6.45) is 6.11. The van der Waals surface area contributed by atoms with Crippen LogP contribution in [-0.4, -0.2) is 63.0 Å². The number of nitrogens with zero attached hydrogens (tertiary/aromatic N) is 6. The first-order valence-corrected chi connectivity index (χ1v) is 8.96. The molecule has 2 fully saturated rings. The molecule has 0 N–H and O–H groups in total. The molecule has 0 bridgehead atoms. The molecule has 0 saturated carbocycles. The SMILES string of the molecule is Cn1ccnc1CN1CCOC2(CCCN(c3nncs3)C2)C1. The zero-order valence-corrected chi connectivity index (χ0v) is 14.2. The van der Waals surface area contributed by atoms with E-state index in [-0.39, 0.29) is 5.60 Å². The van der Waals surface area contributed by atoms with Crippen LogP contribution in [0, 0.1) is 0 Å². The largest absolute Gasteiger partial charge is 0.370 e. The number of rotatable bonds is 3. The summed E-state index contributed by atoms with van der Waals surface area (Å²) >= 11 is 1.60.